The van der Waals surface area contributed by atoms with Crippen LogP contribution in [0, 0.1) is 27.7 Å². The van der Waals surface area contributed by atoms with Gasteiger partial charge in [0.1, 0.15) is 5.56 Å². The molecule has 1 aromatic carbocycles. The number of carbonyl (C=O) groups excluding carboxylic acids is 1. The number of halogens is 2. The molecule has 8 heteroatoms. The van der Waals surface area contributed by atoms with E-state index in [1.807, 2.05) is 13.8 Å². The lowest BCUT2D eigenvalue weighted by Crippen LogP contribution is -2.33. The van der Waals surface area contributed by atoms with E-state index in [0.717, 1.165) is 0 Å². The first kappa shape index (κ1) is 17.0. The summed E-state index contributed by atoms with van der Waals surface area (Å²) in [4.78, 5) is 21.6. The number of nitro benzene ring substituents is 1. The van der Waals surface area contributed by atoms with Gasteiger partial charge in [0.2, 0.25) is 0 Å². The molecular weight excluding hydrogens is 286 g/mol. The van der Waals surface area contributed by atoms with Gasteiger partial charge in [0.05, 0.1) is 17.1 Å². The number of rotatable bonds is 6. The third kappa shape index (κ3) is 4.75. The highest BCUT2D eigenvalue weighted by molar-refractivity contribution is 5.98. The third-order valence-electron chi connectivity index (χ3n) is 2.72. The van der Waals surface area contributed by atoms with Crippen molar-refractivity contribution in [3.8, 4) is 0 Å². The van der Waals surface area contributed by atoms with Gasteiger partial charge in [-0.05, 0) is 18.4 Å². The molecule has 1 amide bonds. The molecule has 1 rings (SSSR count). The van der Waals surface area contributed by atoms with Crippen LogP contribution in [-0.2, 0) is 0 Å². The molecular formula is C13H16F2N2O4. The summed E-state index contributed by atoms with van der Waals surface area (Å²) in [6, 6.07) is 0.826. The molecule has 0 bridgehead atoms. The van der Waals surface area contributed by atoms with E-state index in [9.17, 15) is 28.8 Å². The van der Waals surface area contributed by atoms with Crippen molar-refractivity contribution in [3.05, 3.63) is 39.4 Å². The fourth-order valence-corrected chi connectivity index (χ4v) is 1.80. The smallest absolute Gasteiger partial charge is 0.285 e. The Labute approximate surface area is 119 Å². The number of aliphatic hydroxyl groups excluding tert-OH is 1. The predicted molar refractivity (Wildman–Crippen MR) is 70.8 cm³/mol. The normalized spacial score (nSPS) is 12.3. The summed E-state index contributed by atoms with van der Waals surface area (Å²) in [5.41, 5.74) is -1.42. The second kappa shape index (κ2) is 7.07. The van der Waals surface area contributed by atoms with Crippen molar-refractivity contribution in [1.82, 2.24) is 5.32 Å². The molecule has 0 aromatic heterocycles. The summed E-state index contributed by atoms with van der Waals surface area (Å²) in [5.74, 6) is -3.50. The number of hydrogen-bond acceptors (Lipinski definition) is 4. The summed E-state index contributed by atoms with van der Waals surface area (Å²) in [7, 11) is 0. The number of aliphatic hydroxyl groups is 1. The van der Waals surface area contributed by atoms with Crippen LogP contribution >= 0.6 is 0 Å². The van der Waals surface area contributed by atoms with E-state index in [-0.39, 0.29) is 12.5 Å². The molecule has 21 heavy (non-hydrogen) atoms. The van der Waals surface area contributed by atoms with Gasteiger partial charge < -0.3 is 10.4 Å². The van der Waals surface area contributed by atoms with E-state index >= 15 is 0 Å². The van der Waals surface area contributed by atoms with Gasteiger partial charge in [0, 0.05) is 6.54 Å². The molecule has 2 N–H and O–H groups in total. The number of carbonyl (C=O) groups is 1. The zero-order valence-electron chi connectivity index (χ0n) is 11.6. The topological polar surface area (TPSA) is 92.5 Å². The molecule has 0 radical (unpaired) electrons. The molecule has 0 heterocycles. The van der Waals surface area contributed by atoms with E-state index in [4.69, 9.17) is 0 Å². The molecule has 1 aromatic rings. The monoisotopic (exact) mass is 302 g/mol. The molecule has 1 unspecified atom stereocenters. The van der Waals surface area contributed by atoms with Gasteiger partial charge >= 0.3 is 0 Å². The highest BCUT2D eigenvalue weighted by atomic mass is 19.2. The Kier molecular flexibility index (Phi) is 5.71. The zero-order valence-corrected chi connectivity index (χ0v) is 11.6. The fraction of sp³-hybridized carbons (Fsp3) is 0.462. The van der Waals surface area contributed by atoms with Gasteiger partial charge in [0.15, 0.2) is 11.6 Å². The van der Waals surface area contributed by atoms with Crippen LogP contribution in [-0.4, -0.2) is 28.6 Å². The SMILES string of the molecule is CC(C)CC(O)CNC(=O)c1cc(F)c(F)cc1[N+](=O)[O-]. The van der Waals surface area contributed by atoms with Gasteiger partial charge in [-0.25, -0.2) is 8.78 Å². The largest absolute Gasteiger partial charge is 0.391 e. The molecule has 0 aliphatic carbocycles. The lowest BCUT2D eigenvalue weighted by Gasteiger charge is -2.14. The van der Waals surface area contributed by atoms with Crippen LogP contribution in [0.15, 0.2) is 12.1 Å². The molecule has 0 aliphatic rings. The van der Waals surface area contributed by atoms with Gasteiger partial charge in [0.25, 0.3) is 11.6 Å². The van der Waals surface area contributed by atoms with Crippen molar-refractivity contribution in [3.63, 3.8) is 0 Å². The van der Waals surface area contributed by atoms with Gasteiger partial charge in [-0.15, -0.1) is 0 Å². The summed E-state index contributed by atoms with van der Waals surface area (Å²) >= 11 is 0. The standard InChI is InChI=1S/C13H16F2N2O4/c1-7(2)3-8(18)6-16-13(19)9-4-10(14)11(15)5-12(9)17(20)21/h4-5,7-8,18H,3,6H2,1-2H3,(H,16,19). The lowest BCUT2D eigenvalue weighted by atomic mass is 10.1. The minimum absolute atomic E-state index is 0.132. The molecule has 6 nitrogen and oxygen atoms in total. The van der Waals surface area contributed by atoms with Gasteiger partial charge in [-0.2, -0.15) is 0 Å². The quantitative estimate of drug-likeness (QED) is 0.621. The number of nitrogens with zero attached hydrogens (tertiary/aromatic N) is 1. The highest BCUT2D eigenvalue weighted by Gasteiger charge is 2.24. The third-order valence-corrected chi connectivity index (χ3v) is 2.72. The average Bonchev–Trinajstić information content (AvgIpc) is 2.37. The Bertz CT molecular complexity index is 549. The van der Waals surface area contributed by atoms with Crippen molar-refractivity contribution in [2.75, 3.05) is 6.54 Å². The molecule has 0 saturated heterocycles. The molecule has 0 aliphatic heterocycles. The second-order valence-electron chi connectivity index (χ2n) is 5.03. The van der Waals surface area contributed by atoms with E-state index in [1.54, 1.807) is 0 Å². The maximum atomic E-state index is 13.1. The zero-order chi connectivity index (χ0) is 16.2. The number of nitrogens with one attached hydrogen (secondary N) is 1. The van der Waals surface area contributed by atoms with Crippen molar-refractivity contribution >= 4 is 11.6 Å². The average molecular weight is 302 g/mol. The predicted octanol–water partition coefficient (Wildman–Crippen LogP) is 2.01. The highest BCUT2D eigenvalue weighted by Crippen LogP contribution is 2.22. The molecule has 0 fully saturated rings. The van der Waals surface area contributed by atoms with Crippen LogP contribution in [0.1, 0.15) is 30.6 Å². The fourth-order valence-electron chi connectivity index (χ4n) is 1.80. The summed E-state index contributed by atoms with van der Waals surface area (Å²) in [5, 5.41) is 22.6. The van der Waals surface area contributed by atoms with Crippen molar-refractivity contribution in [2.45, 2.75) is 26.4 Å². The van der Waals surface area contributed by atoms with Crippen LogP contribution in [0.2, 0.25) is 0 Å². The first-order chi connectivity index (χ1) is 9.72. The van der Waals surface area contributed by atoms with E-state index < -0.39 is 39.8 Å². The van der Waals surface area contributed by atoms with Gasteiger partial charge in [-0.1, -0.05) is 13.8 Å². The lowest BCUT2D eigenvalue weighted by molar-refractivity contribution is -0.385. The van der Waals surface area contributed by atoms with Crippen LogP contribution < -0.4 is 5.32 Å². The summed E-state index contributed by atoms with van der Waals surface area (Å²) in [6.07, 6.45) is -0.390. The van der Waals surface area contributed by atoms with E-state index in [1.165, 1.54) is 0 Å². The Morgan fingerprint density at radius 3 is 2.48 bits per heavy atom. The minimum atomic E-state index is -1.40. The first-order valence-electron chi connectivity index (χ1n) is 6.32. The Balaban J connectivity index is 2.87. The van der Waals surface area contributed by atoms with E-state index in [2.05, 4.69) is 5.32 Å². The molecule has 0 saturated carbocycles. The minimum Gasteiger partial charge on any atom is -0.391 e. The number of amides is 1. The number of hydrogen-bond donors (Lipinski definition) is 2. The van der Waals surface area contributed by atoms with Crippen LogP contribution in [0.3, 0.4) is 0 Å². The Morgan fingerprint density at radius 1 is 1.38 bits per heavy atom. The first-order valence-corrected chi connectivity index (χ1v) is 6.32. The molecule has 116 valence electrons. The molecule has 0 spiro atoms. The Morgan fingerprint density at radius 2 is 1.95 bits per heavy atom. The van der Waals surface area contributed by atoms with Crippen molar-refractivity contribution in [1.29, 1.82) is 0 Å². The van der Waals surface area contributed by atoms with Crippen LogP contribution in [0.25, 0.3) is 0 Å². The number of nitro groups is 1. The van der Waals surface area contributed by atoms with Gasteiger partial charge in [-0.3, -0.25) is 14.9 Å². The number of benzene rings is 1. The maximum absolute atomic E-state index is 13.1. The second-order valence-corrected chi connectivity index (χ2v) is 5.03. The Hall–Kier alpha value is -2.09. The van der Waals surface area contributed by atoms with E-state index in [0.29, 0.717) is 18.6 Å². The maximum Gasteiger partial charge on any atom is 0.285 e. The van der Waals surface area contributed by atoms with Crippen LogP contribution in [0.4, 0.5) is 14.5 Å². The van der Waals surface area contributed by atoms with Crippen LogP contribution in [0.5, 0.6) is 0 Å². The summed E-state index contributed by atoms with van der Waals surface area (Å²) in [6.45, 7) is 3.63. The summed E-state index contributed by atoms with van der Waals surface area (Å²) < 4.78 is 26.1. The molecule has 1 atom stereocenters. The van der Waals surface area contributed by atoms with Crippen molar-refractivity contribution < 1.29 is 23.6 Å². The van der Waals surface area contributed by atoms with Crippen molar-refractivity contribution in [2.24, 2.45) is 5.92 Å².